The number of nitrogens with two attached hydrogens (primary N) is 1. The third-order valence-electron chi connectivity index (χ3n) is 2.47. The summed E-state index contributed by atoms with van der Waals surface area (Å²) < 4.78 is 4.57. The van der Waals surface area contributed by atoms with Crippen molar-refractivity contribution in [2.75, 3.05) is 31.2 Å². The number of hydrogen-bond donors (Lipinski definition) is 2. The van der Waals surface area contributed by atoms with Crippen LogP contribution in [0.2, 0.25) is 0 Å². The maximum atomic E-state index is 12.0. The lowest BCUT2D eigenvalue weighted by Gasteiger charge is -2.21. The van der Waals surface area contributed by atoms with Crippen LogP contribution in [0.15, 0.2) is 24.3 Å². The smallest absolute Gasteiger partial charge is 0.325 e. The highest BCUT2D eigenvalue weighted by Crippen LogP contribution is 2.12. The zero-order chi connectivity index (χ0) is 14.3. The van der Waals surface area contributed by atoms with Crippen LogP contribution in [0, 0.1) is 0 Å². The second-order valence-electron chi connectivity index (χ2n) is 4.05. The van der Waals surface area contributed by atoms with Crippen molar-refractivity contribution in [3.05, 3.63) is 24.3 Å². The summed E-state index contributed by atoms with van der Waals surface area (Å²) in [4.78, 5) is 24.7. The van der Waals surface area contributed by atoms with Crippen molar-refractivity contribution in [3.63, 3.8) is 0 Å². The Kier molecular flexibility index (Phi) is 5.66. The van der Waals surface area contributed by atoms with Gasteiger partial charge >= 0.3 is 12.0 Å². The van der Waals surface area contributed by atoms with Crippen LogP contribution in [0.1, 0.15) is 13.3 Å². The molecule has 0 fully saturated rings. The first-order valence-electron chi connectivity index (χ1n) is 6.05. The molecule has 6 heteroatoms. The standard InChI is InChI=1S/C13H19N3O3/c1-3-7-16(9-12(17)19-2)13(18)15-11-6-4-5-10(14)8-11/h4-6,8H,3,7,9,14H2,1-2H3,(H,15,18). The van der Waals surface area contributed by atoms with Gasteiger partial charge in [0.2, 0.25) is 0 Å². The van der Waals surface area contributed by atoms with Crippen LogP contribution in [0.25, 0.3) is 0 Å². The van der Waals surface area contributed by atoms with Crippen molar-refractivity contribution < 1.29 is 14.3 Å². The van der Waals surface area contributed by atoms with Crippen LogP contribution in [0.4, 0.5) is 16.2 Å². The second-order valence-corrected chi connectivity index (χ2v) is 4.05. The largest absolute Gasteiger partial charge is 0.468 e. The molecule has 1 aromatic carbocycles. The Balaban J connectivity index is 2.68. The maximum Gasteiger partial charge on any atom is 0.325 e. The summed E-state index contributed by atoms with van der Waals surface area (Å²) in [6, 6.07) is 6.51. The van der Waals surface area contributed by atoms with Crippen molar-refractivity contribution in [2.45, 2.75) is 13.3 Å². The van der Waals surface area contributed by atoms with E-state index in [-0.39, 0.29) is 12.6 Å². The fraction of sp³-hybridized carbons (Fsp3) is 0.385. The van der Waals surface area contributed by atoms with E-state index in [4.69, 9.17) is 5.73 Å². The van der Waals surface area contributed by atoms with Gasteiger partial charge in [-0.15, -0.1) is 0 Å². The van der Waals surface area contributed by atoms with Crippen LogP contribution in [-0.4, -0.2) is 37.1 Å². The van der Waals surface area contributed by atoms with Gasteiger partial charge in [0.05, 0.1) is 7.11 Å². The average molecular weight is 265 g/mol. The lowest BCUT2D eigenvalue weighted by atomic mass is 10.3. The first-order chi connectivity index (χ1) is 9.06. The Labute approximate surface area is 112 Å². The van der Waals surface area contributed by atoms with Crippen LogP contribution in [0.3, 0.4) is 0 Å². The molecular formula is C13H19N3O3. The minimum absolute atomic E-state index is 0.0709. The van der Waals surface area contributed by atoms with Crippen molar-refractivity contribution in [2.24, 2.45) is 0 Å². The number of carbonyl (C=O) groups excluding carboxylic acids is 2. The Bertz CT molecular complexity index is 449. The normalized spacial score (nSPS) is 9.79. The first kappa shape index (κ1) is 14.8. The fourth-order valence-corrected chi connectivity index (χ4v) is 1.56. The van der Waals surface area contributed by atoms with Crippen molar-refractivity contribution >= 4 is 23.4 Å². The number of hydrogen-bond acceptors (Lipinski definition) is 4. The monoisotopic (exact) mass is 265 g/mol. The predicted molar refractivity (Wildman–Crippen MR) is 73.8 cm³/mol. The quantitative estimate of drug-likeness (QED) is 0.626. The van der Waals surface area contributed by atoms with Gasteiger partial charge in [0.25, 0.3) is 0 Å². The number of carbonyl (C=O) groups is 2. The molecule has 104 valence electrons. The molecule has 0 saturated heterocycles. The van der Waals surface area contributed by atoms with Gasteiger partial charge in [-0.2, -0.15) is 0 Å². The summed E-state index contributed by atoms with van der Waals surface area (Å²) in [5.41, 5.74) is 6.79. The Morgan fingerprint density at radius 1 is 1.42 bits per heavy atom. The lowest BCUT2D eigenvalue weighted by molar-refractivity contribution is -0.141. The lowest BCUT2D eigenvalue weighted by Crippen LogP contribution is -2.39. The number of amides is 2. The third kappa shape index (κ3) is 4.87. The Morgan fingerprint density at radius 3 is 2.74 bits per heavy atom. The van der Waals surface area contributed by atoms with Crippen molar-refractivity contribution in [1.82, 2.24) is 4.90 Å². The van der Waals surface area contributed by atoms with Gasteiger partial charge in [-0.3, -0.25) is 4.79 Å². The summed E-state index contributed by atoms with van der Waals surface area (Å²) in [5, 5.41) is 2.70. The predicted octanol–water partition coefficient (Wildman–Crippen LogP) is 1.69. The number of ether oxygens (including phenoxy) is 1. The van der Waals surface area contributed by atoms with Crippen LogP contribution in [0.5, 0.6) is 0 Å². The molecule has 0 aliphatic heterocycles. The first-order valence-corrected chi connectivity index (χ1v) is 6.05. The number of nitrogens with zero attached hydrogens (tertiary/aromatic N) is 1. The molecule has 0 heterocycles. The minimum atomic E-state index is -0.448. The van der Waals surface area contributed by atoms with Gasteiger partial charge in [-0.05, 0) is 24.6 Å². The molecule has 0 spiro atoms. The van der Waals surface area contributed by atoms with E-state index >= 15 is 0 Å². The number of benzene rings is 1. The topological polar surface area (TPSA) is 84.7 Å². The van der Waals surface area contributed by atoms with Crippen LogP contribution < -0.4 is 11.1 Å². The Hall–Kier alpha value is -2.24. The van der Waals surface area contributed by atoms with Crippen molar-refractivity contribution in [1.29, 1.82) is 0 Å². The molecule has 0 unspecified atom stereocenters. The highest BCUT2D eigenvalue weighted by Gasteiger charge is 2.16. The molecule has 0 bridgehead atoms. The molecule has 3 N–H and O–H groups in total. The van der Waals surface area contributed by atoms with Gasteiger partial charge in [0, 0.05) is 17.9 Å². The average Bonchev–Trinajstić information content (AvgIpc) is 2.38. The fourth-order valence-electron chi connectivity index (χ4n) is 1.56. The second kappa shape index (κ2) is 7.25. The van der Waals surface area contributed by atoms with E-state index in [1.807, 2.05) is 6.92 Å². The van der Waals surface area contributed by atoms with Crippen LogP contribution in [-0.2, 0) is 9.53 Å². The number of nitrogens with one attached hydrogen (secondary N) is 1. The SMILES string of the molecule is CCCN(CC(=O)OC)C(=O)Nc1cccc(N)c1. The minimum Gasteiger partial charge on any atom is -0.468 e. The third-order valence-corrected chi connectivity index (χ3v) is 2.47. The van der Waals surface area contributed by atoms with E-state index in [1.165, 1.54) is 12.0 Å². The van der Waals surface area contributed by atoms with Gasteiger partial charge in [-0.25, -0.2) is 4.79 Å². The molecule has 6 nitrogen and oxygen atoms in total. The number of methoxy groups -OCH3 is 1. The van der Waals surface area contributed by atoms with E-state index in [0.717, 1.165) is 6.42 Å². The summed E-state index contributed by atoms with van der Waals surface area (Å²) in [7, 11) is 1.29. The molecule has 0 saturated carbocycles. The summed E-state index contributed by atoms with van der Waals surface area (Å²) in [6.45, 7) is 2.33. The van der Waals surface area contributed by atoms with Gasteiger partial charge in [0.1, 0.15) is 6.54 Å². The van der Waals surface area contributed by atoms with E-state index in [9.17, 15) is 9.59 Å². The molecule has 1 aromatic rings. The summed E-state index contributed by atoms with van der Waals surface area (Å²) in [5.74, 6) is -0.448. The molecule has 0 radical (unpaired) electrons. The van der Waals surface area contributed by atoms with E-state index in [0.29, 0.717) is 17.9 Å². The van der Waals surface area contributed by atoms with Crippen molar-refractivity contribution in [3.8, 4) is 0 Å². The van der Waals surface area contributed by atoms with Gasteiger partial charge in [-0.1, -0.05) is 13.0 Å². The van der Waals surface area contributed by atoms with E-state index < -0.39 is 5.97 Å². The number of rotatable bonds is 5. The number of esters is 1. The summed E-state index contributed by atoms with van der Waals surface area (Å²) >= 11 is 0. The molecule has 0 atom stereocenters. The van der Waals surface area contributed by atoms with E-state index in [1.54, 1.807) is 24.3 Å². The highest BCUT2D eigenvalue weighted by atomic mass is 16.5. The molecule has 0 aliphatic carbocycles. The number of urea groups is 1. The van der Waals surface area contributed by atoms with Crippen LogP contribution >= 0.6 is 0 Å². The molecular weight excluding hydrogens is 246 g/mol. The summed E-state index contributed by atoms with van der Waals surface area (Å²) in [6.07, 6.45) is 0.751. The zero-order valence-electron chi connectivity index (χ0n) is 11.2. The zero-order valence-corrected chi connectivity index (χ0v) is 11.2. The highest BCUT2D eigenvalue weighted by molar-refractivity contribution is 5.91. The number of anilines is 2. The number of nitrogen functional groups attached to an aromatic ring is 1. The molecule has 1 rings (SSSR count). The van der Waals surface area contributed by atoms with E-state index in [2.05, 4.69) is 10.1 Å². The molecule has 2 amide bonds. The van der Waals surface area contributed by atoms with Gasteiger partial charge in [0.15, 0.2) is 0 Å². The maximum absolute atomic E-state index is 12.0. The molecule has 0 aromatic heterocycles. The molecule has 0 aliphatic rings. The van der Waals surface area contributed by atoms with Gasteiger partial charge < -0.3 is 20.7 Å². The molecule has 19 heavy (non-hydrogen) atoms. The Morgan fingerprint density at radius 2 is 2.16 bits per heavy atom.